The number of esters is 2. The molecule has 0 aromatic rings. The van der Waals surface area contributed by atoms with Crippen LogP contribution in [0.5, 0.6) is 0 Å². The van der Waals surface area contributed by atoms with Crippen molar-refractivity contribution >= 4 is 19.8 Å². The largest absolute Gasteiger partial charge is 0.472 e. The van der Waals surface area contributed by atoms with Crippen molar-refractivity contribution in [3.8, 4) is 0 Å². The molecule has 0 aromatic heterocycles. The molecule has 0 radical (unpaired) electrons. The zero-order valence-electron chi connectivity index (χ0n) is 47.0. The molecule has 70 heavy (non-hydrogen) atoms. The van der Waals surface area contributed by atoms with Crippen molar-refractivity contribution in [1.29, 1.82) is 0 Å². The van der Waals surface area contributed by atoms with Crippen LogP contribution in [0.15, 0.2) is 24.3 Å². The van der Waals surface area contributed by atoms with Crippen LogP contribution in [0.3, 0.4) is 0 Å². The number of nitrogens with zero attached hydrogens (tertiary/aromatic N) is 1. The predicted octanol–water partition coefficient (Wildman–Crippen LogP) is 18.6. The van der Waals surface area contributed by atoms with Gasteiger partial charge in [0.15, 0.2) is 6.10 Å². The Labute approximate surface area is 434 Å². The van der Waals surface area contributed by atoms with Crippen molar-refractivity contribution < 1.29 is 42.1 Å². The van der Waals surface area contributed by atoms with Gasteiger partial charge in [0.1, 0.15) is 19.8 Å². The van der Waals surface area contributed by atoms with Gasteiger partial charge in [0.25, 0.3) is 0 Å². The Bertz CT molecular complexity index is 1240. The number of ether oxygens (including phenoxy) is 2. The Balaban J connectivity index is 4.04. The number of hydrogen-bond acceptors (Lipinski definition) is 7. The van der Waals surface area contributed by atoms with E-state index in [0.29, 0.717) is 23.9 Å². The van der Waals surface area contributed by atoms with Crippen LogP contribution < -0.4 is 0 Å². The molecule has 1 N–H and O–H groups in total. The van der Waals surface area contributed by atoms with Crippen LogP contribution in [-0.2, 0) is 32.7 Å². The number of rotatable bonds is 56. The van der Waals surface area contributed by atoms with Crippen molar-refractivity contribution in [1.82, 2.24) is 0 Å². The first-order chi connectivity index (χ1) is 34.0. The first kappa shape index (κ1) is 68.5. The zero-order valence-corrected chi connectivity index (χ0v) is 47.9. The molecule has 0 aliphatic heterocycles. The minimum Gasteiger partial charge on any atom is -0.462 e. The Morgan fingerprint density at radius 1 is 0.443 bits per heavy atom. The van der Waals surface area contributed by atoms with Crippen LogP contribution in [-0.4, -0.2) is 74.9 Å². The van der Waals surface area contributed by atoms with Crippen LogP contribution in [0, 0.1) is 0 Å². The van der Waals surface area contributed by atoms with Gasteiger partial charge in [-0.05, 0) is 44.9 Å². The molecule has 0 saturated carbocycles. The SMILES string of the molecule is CCCCC/C=C\C/C=C\CCCCCCCCCC(=O)OC(COC(=O)CCCCCCCCCCCCCCCCCCCCCCCCCCCCCCC)COP(=O)(O)OCC[N+](C)(C)C. The summed E-state index contributed by atoms with van der Waals surface area (Å²) in [6, 6.07) is 0. The number of quaternary nitrogens is 1. The van der Waals surface area contributed by atoms with E-state index in [4.69, 9.17) is 18.5 Å². The third kappa shape index (κ3) is 55.8. The van der Waals surface area contributed by atoms with E-state index in [2.05, 4.69) is 38.2 Å². The van der Waals surface area contributed by atoms with Gasteiger partial charge in [-0.15, -0.1) is 0 Å². The summed E-state index contributed by atoms with van der Waals surface area (Å²) < 4.78 is 34.6. The lowest BCUT2D eigenvalue weighted by atomic mass is 10.0. The molecule has 0 rings (SSSR count). The first-order valence-corrected chi connectivity index (χ1v) is 31.6. The summed E-state index contributed by atoms with van der Waals surface area (Å²) >= 11 is 0. The number of unbranched alkanes of at least 4 members (excludes halogenated alkanes) is 38. The summed E-state index contributed by atoms with van der Waals surface area (Å²) in [4.78, 5) is 35.7. The summed E-state index contributed by atoms with van der Waals surface area (Å²) in [7, 11) is 1.48. The molecule has 9 nitrogen and oxygen atoms in total. The van der Waals surface area contributed by atoms with Gasteiger partial charge >= 0.3 is 19.8 Å². The second-order valence-electron chi connectivity index (χ2n) is 21.7. The van der Waals surface area contributed by atoms with Crippen LogP contribution in [0.4, 0.5) is 0 Å². The highest BCUT2D eigenvalue weighted by atomic mass is 31.2. The molecule has 0 bridgehead atoms. The van der Waals surface area contributed by atoms with Crippen LogP contribution in [0.25, 0.3) is 0 Å². The number of phosphoric ester groups is 1. The third-order valence-electron chi connectivity index (χ3n) is 13.5. The highest BCUT2D eigenvalue weighted by Crippen LogP contribution is 2.43. The Morgan fingerprint density at radius 3 is 1.16 bits per heavy atom. The van der Waals surface area contributed by atoms with Crippen LogP contribution in [0.2, 0.25) is 0 Å². The topological polar surface area (TPSA) is 108 Å². The molecule has 0 aliphatic carbocycles. The molecule has 0 aliphatic rings. The van der Waals surface area contributed by atoms with E-state index < -0.39 is 26.5 Å². The van der Waals surface area contributed by atoms with E-state index >= 15 is 0 Å². The molecule has 2 atom stereocenters. The number of phosphoric acid groups is 1. The molecule has 0 fully saturated rings. The molecule has 10 heteroatoms. The van der Waals surface area contributed by atoms with Gasteiger partial charge in [-0.1, -0.05) is 263 Å². The summed E-state index contributed by atoms with van der Waals surface area (Å²) in [6.45, 7) is 4.45. The molecule has 0 heterocycles. The van der Waals surface area contributed by atoms with E-state index in [-0.39, 0.29) is 25.6 Å². The average Bonchev–Trinajstić information content (AvgIpc) is 3.32. The van der Waals surface area contributed by atoms with Crippen LogP contribution in [0.1, 0.15) is 296 Å². The third-order valence-corrected chi connectivity index (χ3v) is 14.5. The van der Waals surface area contributed by atoms with Gasteiger partial charge < -0.3 is 18.9 Å². The van der Waals surface area contributed by atoms with Gasteiger partial charge in [0, 0.05) is 12.8 Å². The van der Waals surface area contributed by atoms with E-state index in [9.17, 15) is 19.0 Å². The first-order valence-electron chi connectivity index (χ1n) is 30.1. The van der Waals surface area contributed by atoms with Crippen molar-refractivity contribution in [2.75, 3.05) is 47.5 Å². The van der Waals surface area contributed by atoms with E-state index in [1.165, 1.54) is 212 Å². The molecule has 0 aromatic carbocycles. The summed E-state index contributed by atoms with van der Waals surface area (Å²) in [5.41, 5.74) is 0. The molecule has 2 unspecified atom stereocenters. The lowest BCUT2D eigenvalue weighted by Crippen LogP contribution is -2.37. The zero-order chi connectivity index (χ0) is 51.3. The fourth-order valence-corrected chi connectivity index (χ4v) is 9.56. The Hall–Kier alpha value is -1.51. The monoisotopic (exact) mass is 1010 g/mol. The molecule has 0 amide bonds. The second kappa shape index (κ2) is 52.4. The molecule has 0 saturated heterocycles. The number of carbonyl (C=O) groups excluding carboxylic acids is 2. The molecule has 0 spiro atoms. The number of carbonyl (C=O) groups is 2. The Morgan fingerprint density at radius 2 is 0.771 bits per heavy atom. The fraction of sp³-hybridized carbons (Fsp3) is 0.900. The van der Waals surface area contributed by atoms with Gasteiger partial charge in [-0.25, -0.2) is 4.57 Å². The smallest absolute Gasteiger partial charge is 0.462 e. The van der Waals surface area contributed by atoms with Crippen molar-refractivity contribution in [2.45, 2.75) is 302 Å². The Kier molecular flexibility index (Phi) is 51.2. The number of hydrogen-bond donors (Lipinski definition) is 1. The molecule has 414 valence electrons. The van der Waals surface area contributed by atoms with Gasteiger partial charge in [0.2, 0.25) is 0 Å². The maximum Gasteiger partial charge on any atom is 0.472 e. The van der Waals surface area contributed by atoms with Crippen molar-refractivity contribution in [2.24, 2.45) is 0 Å². The standard InChI is InChI=1S/C60H116NO8P/c1-6-8-10-12-14-16-18-20-22-24-25-26-27-28-29-30-31-32-33-34-35-37-38-40-42-44-46-48-50-52-59(62)66-56-58(57-68-70(64,65)67-55-54-61(3,4)5)69-60(63)53-51-49-47-45-43-41-39-36-23-21-19-17-15-13-11-9-7-2/h15,17,21,23,58H,6-14,16,18-20,22,24-57H2,1-5H3/p+1/b17-15-,23-21-. The van der Waals surface area contributed by atoms with E-state index in [1.807, 2.05) is 21.1 Å². The average molecular weight is 1010 g/mol. The summed E-state index contributed by atoms with van der Waals surface area (Å²) in [5.74, 6) is -0.791. The lowest BCUT2D eigenvalue weighted by Gasteiger charge is -2.24. The van der Waals surface area contributed by atoms with E-state index in [0.717, 1.165) is 51.4 Å². The molecular formula is C60H117NO8P+. The quantitative estimate of drug-likeness (QED) is 0.0211. The number of allylic oxidation sites excluding steroid dienone is 4. The fourth-order valence-electron chi connectivity index (χ4n) is 8.81. The van der Waals surface area contributed by atoms with Gasteiger partial charge in [-0.2, -0.15) is 0 Å². The lowest BCUT2D eigenvalue weighted by molar-refractivity contribution is -0.870. The summed E-state index contributed by atoms with van der Waals surface area (Å²) in [5, 5.41) is 0. The van der Waals surface area contributed by atoms with E-state index in [1.54, 1.807) is 0 Å². The summed E-state index contributed by atoms with van der Waals surface area (Å²) in [6.07, 6.45) is 62.6. The van der Waals surface area contributed by atoms with Crippen molar-refractivity contribution in [3.63, 3.8) is 0 Å². The van der Waals surface area contributed by atoms with Crippen molar-refractivity contribution in [3.05, 3.63) is 24.3 Å². The van der Waals surface area contributed by atoms with Crippen LogP contribution >= 0.6 is 7.82 Å². The second-order valence-corrected chi connectivity index (χ2v) is 23.2. The maximum atomic E-state index is 12.8. The minimum absolute atomic E-state index is 0.0323. The highest BCUT2D eigenvalue weighted by molar-refractivity contribution is 7.47. The van der Waals surface area contributed by atoms with Gasteiger partial charge in [-0.3, -0.25) is 18.6 Å². The van der Waals surface area contributed by atoms with Gasteiger partial charge in [0.05, 0.1) is 27.7 Å². The highest BCUT2D eigenvalue weighted by Gasteiger charge is 2.27. The normalized spacial score (nSPS) is 13.4. The number of likely N-dealkylation sites (N-methyl/N-ethyl adjacent to an activating group) is 1. The predicted molar refractivity (Wildman–Crippen MR) is 298 cm³/mol. The minimum atomic E-state index is -4.38. The maximum absolute atomic E-state index is 12.8. The molecular weight excluding hydrogens is 894 g/mol.